The minimum Gasteiger partial charge on any atom is -0.381 e. The Balaban J connectivity index is 1.51. The quantitative estimate of drug-likeness (QED) is 0.540. The molecular formula is C23H28F3N3O2. The van der Waals surface area contributed by atoms with Crippen LogP contribution in [0, 0.1) is 5.92 Å². The largest absolute Gasteiger partial charge is 0.416 e. The summed E-state index contributed by atoms with van der Waals surface area (Å²) in [6, 6.07) is 8.57. The van der Waals surface area contributed by atoms with Crippen molar-refractivity contribution in [3.05, 3.63) is 53.2 Å². The summed E-state index contributed by atoms with van der Waals surface area (Å²) >= 11 is 0. The third-order valence-electron chi connectivity index (χ3n) is 5.95. The van der Waals surface area contributed by atoms with Crippen LogP contribution in [-0.4, -0.2) is 29.8 Å². The molecule has 0 radical (unpaired) electrons. The Bertz CT molecular complexity index is 907. The van der Waals surface area contributed by atoms with Crippen LogP contribution in [-0.2, 0) is 16.6 Å². The van der Waals surface area contributed by atoms with Crippen molar-refractivity contribution in [2.45, 2.75) is 50.4 Å². The highest BCUT2D eigenvalue weighted by Crippen LogP contribution is 2.43. The molecule has 2 heterocycles. The molecule has 168 valence electrons. The van der Waals surface area contributed by atoms with E-state index in [0.29, 0.717) is 24.0 Å². The van der Waals surface area contributed by atoms with Gasteiger partial charge in [-0.3, -0.25) is 5.32 Å². The Morgan fingerprint density at radius 1 is 1.10 bits per heavy atom. The van der Waals surface area contributed by atoms with Gasteiger partial charge in [-0.25, -0.2) is 4.98 Å². The van der Waals surface area contributed by atoms with E-state index in [0.717, 1.165) is 62.3 Å². The summed E-state index contributed by atoms with van der Waals surface area (Å²) in [5.74, 6) is 1.18. The van der Waals surface area contributed by atoms with E-state index in [-0.39, 0.29) is 5.92 Å². The van der Waals surface area contributed by atoms with Gasteiger partial charge in [-0.2, -0.15) is 13.2 Å². The topological polar surface area (TPSA) is 66.4 Å². The van der Waals surface area contributed by atoms with Gasteiger partial charge in [0.05, 0.1) is 11.3 Å². The van der Waals surface area contributed by atoms with Crippen molar-refractivity contribution in [2.75, 3.05) is 25.1 Å². The first kappa shape index (κ1) is 22.0. The number of aliphatic hydroxyl groups is 1. The van der Waals surface area contributed by atoms with Crippen LogP contribution in [0.25, 0.3) is 0 Å². The minimum absolute atomic E-state index is 0.259. The molecule has 2 aromatic rings. The molecule has 2 fully saturated rings. The van der Waals surface area contributed by atoms with E-state index in [1.807, 2.05) is 6.07 Å². The van der Waals surface area contributed by atoms with Crippen LogP contribution in [0.2, 0.25) is 0 Å². The summed E-state index contributed by atoms with van der Waals surface area (Å²) in [5.41, 5.74) is -0.117. The van der Waals surface area contributed by atoms with Crippen molar-refractivity contribution in [2.24, 2.45) is 5.92 Å². The van der Waals surface area contributed by atoms with E-state index < -0.39 is 17.5 Å². The van der Waals surface area contributed by atoms with Crippen LogP contribution in [0.15, 0.2) is 36.4 Å². The highest BCUT2D eigenvalue weighted by atomic mass is 19.4. The summed E-state index contributed by atoms with van der Waals surface area (Å²) in [7, 11) is 0. The fourth-order valence-electron chi connectivity index (χ4n) is 3.93. The predicted molar refractivity (Wildman–Crippen MR) is 112 cm³/mol. The second-order valence-electron chi connectivity index (χ2n) is 8.62. The van der Waals surface area contributed by atoms with Crippen LogP contribution in [0.3, 0.4) is 0 Å². The predicted octanol–water partition coefficient (Wildman–Crippen LogP) is 4.90. The lowest BCUT2D eigenvalue weighted by atomic mass is 9.96. The smallest absolute Gasteiger partial charge is 0.381 e. The van der Waals surface area contributed by atoms with Crippen LogP contribution in [0.1, 0.15) is 55.3 Å². The van der Waals surface area contributed by atoms with Crippen LogP contribution < -0.4 is 10.6 Å². The molecule has 0 bridgehead atoms. The van der Waals surface area contributed by atoms with Gasteiger partial charge in [0, 0.05) is 36.9 Å². The summed E-state index contributed by atoms with van der Waals surface area (Å²) in [5, 5.41) is 17.4. The molecule has 0 amide bonds. The molecule has 5 nitrogen and oxygen atoms in total. The van der Waals surface area contributed by atoms with Crippen molar-refractivity contribution >= 4 is 11.5 Å². The number of ether oxygens (including phenoxy) is 1. The molecule has 4 rings (SSSR count). The number of anilines is 2. The Morgan fingerprint density at radius 2 is 1.84 bits per heavy atom. The molecule has 1 saturated heterocycles. The van der Waals surface area contributed by atoms with Gasteiger partial charge in [0.25, 0.3) is 0 Å². The molecule has 1 aliphatic carbocycles. The van der Waals surface area contributed by atoms with Crippen molar-refractivity contribution in [1.29, 1.82) is 0 Å². The Hall–Kier alpha value is -2.16. The van der Waals surface area contributed by atoms with Gasteiger partial charge in [0.15, 0.2) is 0 Å². The molecule has 1 aromatic heterocycles. The Kier molecular flexibility index (Phi) is 6.23. The lowest BCUT2D eigenvalue weighted by molar-refractivity contribution is -0.137. The molecule has 0 spiro atoms. The Morgan fingerprint density at radius 3 is 2.52 bits per heavy atom. The van der Waals surface area contributed by atoms with Crippen molar-refractivity contribution < 1.29 is 23.0 Å². The van der Waals surface area contributed by atoms with E-state index in [9.17, 15) is 18.3 Å². The summed E-state index contributed by atoms with van der Waals surface area (Å²) in [4.78, 5) is 4.67. The molecule has 1 atom stereocenters. The normalized spacial score (nSPS) is 19.8. The van der Waals surface area contributed by atoms with Gasteiger partial charge in [-0.1, -0.05) is 6.07 Å². The summed E-state index contributed by atoms with van der Waals surface area (Å²) in [6.07, 6.45) is -0.484. The number of aromatic nitrogens is 1. The zero-order valence-electron chi connectivity index (χ0n) is 17.5. The molecule has 8 heteroatoms. The average Bonchev–Trinajstić information content (AvgIpc) is 3.58. The number of halogens is 3. The molecule has 2 aliphatic rings. The summed E-state index contributed by atoms with van der Waals surface area (Å²) < 4.78 is 44.4. The van der Waals surface area contributed by atoms with Crippen LogP contribution >= 0.6 is 0 Å². The number of rotatable bonds is 7. The van der Waals surface area contributed by atoms with Crippen molar-refractivity contribution in [1.82, 2.24) is 10.3 Å². The van der Waals surface area contributed by atoms with Gasteiger partial charge >= 0.3 is 6.18 Å². The maximum absolute atomic E-state index is 13.0. The number of hydrogen-bond donors (Lipinski definition) is 3. The number of nitrogens with one attached hydrogen (secondary N) is 2. The highest BCUT2D eigenvalue weighted by Gasteiger charge is 2.35. The highest BCUT2D eigenvalue weighted by molar-refractivity contribution is 5.58. The molecule has 1 aliphatic heterocycles. The van der Waals surface area contributed by atoms with E-state index in [4.69, 9.17) is 4.74 Å². The first-order valence-corrected chi connectivity index (χ1v) is 10.7. The van der Waals surface area contributed by atoms with E-state index in [2.05, 4.69) is 15.6 Å². The van der Waals surface area contributed by atoms with E-state index in [1.54, 1.807) is 19.1 Å². The van der Waals surface area contributed by atoms with E-state index in [1.165, 1.54) is 6.07 Å². The molecule has 3 N–H and O–H groups in total. The third-order valence-corrected chi connectivity index (χ3v) is 5.95. The average molecular weight is 435 g/mol. The monoisotopic (exact) mass is 435 g/mol. The maximum Gasteiger partial charge on any atom is 0.416 e. The second-order valence-corrected chi connectivity index (χ2v) is 8.62. The van der Waals surface area contributed by atoms with Crippen molar-refractivity contribution in [3.63, 3.8) is 0 Å². The van der Waals surface area contributed by atoms with Gasteiger partial charge in [0.2, 0.25) is 0 Å². The fraction of sp³-hybridized carbons (Fsp3) is 0.522. The van der Waals surface area contributed by atoms with Gasteiger partial charge < -0.3 is 15.2 Å². The number of alkyl halides is 3. The standard InChI is InChI=1S/C23H28F3N3O2/c1-22(30,27-14-15-9-11-31-12-10-15)19-7-8-20(29-21(19)16-5-6-16)28-18-4-2-3-17(13-18)23(24,25)26/h2-4,7-8,13,15-16,27,30H,5-6,9-12,14H2,1H3,(H,28,29). The first-order valence-electron chi connectivity index (χ1n) is 10.7. The zero-order chi connectivity index (χ0) is 22.1. The van der Waals surface area contributed by atoms with Gasteiger partial charge in [0.1, 0.15) is 11.5 Å². The number of pyridine rings is 1. The zero-order valence-corrected chi connectivity index (χ0v) is 17.5. The third kappa shape index (κ3) is 5.56. The van der Waals surface area contributed by atoms with Crippen LogP contribution in [0.5, 0.6) is 0 Å². The van der Waals surface area contributed by atoms with E-state index >= 15 is 0 Å². The van der Waals surface area contributed by atoms with Gasteiger partial charge in [-0.05, 0) is 68.9 Å². The lowest BCUT2D eigenvalue weighted by Gasteiger charge is -2.31. The first-order chi connectivity index (χ1) is 14.7. The fourth-order valence-corrected chi connectivity index (χ4v) is 3.93. The Labute approximate surface area is 180 Å². The van der Waals surface area contributed by atoms with Gasteiger partial charge in [-0.15, -0.1) is 0 Å². The molecule has 1 saturated carbocycles. The number of nitrogens with zero attached hydrogens (tertiary/aromatic N) is 1. The lowest BCUT2D eigenvalue weighted by Crippen LogP contribution is -2.43. The summed E-state index contributed by atoms with van der Waals surface area (Å²) in [6.45, 7) is 3.92. The maximum atomic E-state index is 13.0. The number of hydrogen-bond acceptors (Lipinski definition) is 5. The van der Waals surface area contributed by atoms with Crippen molar-refractivity contribution in [3.8, 4) is 0 Å². The van der Waals surface area contributed by atoms with Crippen LogP contribution in [0.4, 0.5) is 24.7 Å². The SMILES string of the molecule is CC(O)(NCC1CCOCC1)c1ccc(Nc2cccc(C(F)(F)F)c2)nc1C1CC1. The molecule has 1 aromatic carbocycles. The second kappa shape index (κ2) is 8.76. The number of benzene rings is 1. The molecule has 1 unspecified atom stereocenters. The minimum atomic E-state index is -4.40. The molecule has 31 heavy (non-hydrogen) atoms. The molecular weight excluding hydrogens is 407 g/mol.